The molecule has 138 valence electrons. The van der Waals surface area contributed by atoms with E-state index in [0.29, 0.717) is 19.7 Å². The maximum atomic E-state index is 12.3. The van der Waals surface area contributed by atoms with E-state index in [2.05, 4.69) is 21.7 Å². The minimum Gasteiger partial charge on any atom is -0.375 e. The summed E-state index contributed by atoms with van der Waals surface area (Å²) in [5.74, 6) is -0.0189. The highest BCUT2D eigenvalue weighted by Gasteiger charge is 2.27. The Morgan fingerprint density at radius 2 is 2.12 bits per heavy atom. The fourth-order valence-electron chi connectivity index (χ4n) is 2.78. The van der Waals surface area contributed by atoms with Crippen molar-refractivity contribution in [2.24, 2.45) is 0 Å². The number of ether oxygens (including phenoxy) is 1. The number of morpholine rings is 1. The van der Waals surface area contributed by atoms with Gasteiger partial charge in [0.2, 0.25) is 5.91 Å². The van der Waals surface area contributed by atoms with Crippen molar-refractivity contribution in [3.05, 3.63) is 54.1 Å². The van der Waals surface area contributed by atoms with Gasteiger partial charge in [0.25, 0.3) is 0 Å². The molecule has 2 heterocycles. The first-order valence-corrected chi connectivity index (χ1v) is 7.89. The van der Waals surface area contributed by atoms with E-state index >= 15 is 0 Å². The van der Waals surface area contributed by atoms with Gasteiger partial charge in [-0.3, -0.25) is 4.79 Å². The van der Waals surface area contributed by atoms with E-state index in [9.17, 15) is 4.79 Å². The van der Waals surface area contributed by atoms with Crippen LogP contribution in [-0.4, -0.2) is 40.8 Å². The van der Waals surface area contributed by atoms with Crippen molar-refractivity contribution in [1.82, 2.24) is 20.2 Å². The first kappa shape index (κ1) is 21.4. The summed E-state index contributed by atoms with van der Waals surface area (Å²) in [6.45, 7) is 4.53. The molecule has 0 radical (unpaired) electrons. The van der Waals surface area contributed by atoms with Crippen molar-refractivity contribution >= 4 is 30.7 Å². The zero-order chi connectivity index (χ0) is 16.1. The first-order valence-electron chi connectivity index (χ1n) is 7.89. The predicted octanol–water partition coefficient (Wildman–Crippen LogP) is 1.77. The van der Waals surface area contributed by atoms with Crippen LogP contribution in [0.15, 0.2) is 43.0 Å². The molecule has 1 fully saturated rings. The van der Waals surface area contributed by atoms with Crippen LogP contribution >= 0.6 is 24.8 Å². The van der Waals surface area contributed by atoms with Crippen molar-refractivity contribution < 1.29 is 9.53 Å². The number of aromatic nitrogens is 2. The smallest absolute Gasteiger partial charge is 0.240 e. The second-order valence-electron chi connectivity index (χ2n) is 5.73. The van der Waals surface area contributed by atoms with Crippen molar-refractivity contribution in [3.63, 3.8) is 0 Å². The molecule has 2 atom stereocenters. The quantitative estimate of drug-likeness (QED) is 0.821. The standard InChI is InChI=1S/C17H22N4O2.2ClH/c1-13-16(19-7-9-23-13)17(22)20-10-14-4-2-3-5-15(14)11-21-8-6-18-12-21;;/h2-6,8,12-13,16,19H,7,9-11H2,1H3,(H,20,22);2*1H/t13-,16+;;/m1../s1. The molecule has 0 aliphatic carbocycles. The number of nitrogens with one attached hydrogen (secondary N) is 2. The minimum atomic E-state index is -0.287. The van der Waals surface area contributed by atoms with E-state index in [1.54, 1.807) is 12.5 Å². The van der Waals surface area contributed by atoms with Gasteiger partial charge in [-0.25, -0.2) is 4.98 Å². The number of nitrogens with zero attached hydrogens (tertiary/aromatic N) is 2. The number of rotatable bonds is 5. The predicted molar refractivity (Wildman–Crippen MR) is 101 cm³/mol. The van der Waals surface area contributed by atoms with E-state index < -0.39 is 0 Å². The molecular formula is C17H24Cl2N4O2. The number of imidazole rings is 1. The molecule has 1 aromatic heterocycles. The lowest BCUT2D eigenvalue weighted by molar-refractivity contribution is -0.129. The number of hydrogen-bond acceptors (Lipinski definition) is 4. The van der Waals surface area contributed by atoms with Gasteiger partial charge in [-0.05, 0) is 18.1 Å². The monoisotopic (exact) mass is 386 g/mol. The molecule has 2 N–H and O–H groups in total. The third-order valence-electron chi connectivity index (χ3n) is 4.08. The molecule has 1 saturated heterocycles. The largest absolute Gasteiger partial charge is 0.375 e. The fraction of sp³-hybridized carbons (Fsp3) is 0.412. The number of amides is 1. The lowest BCUT2D eigenvalue weighted by Crippen LogP contribution is -2.55. The molecular weight excluding hydrogens is 363 g/mol. The molecule has 1 aliphatic heterocycles. The molecule has 6 nitrogen and oxygen atoms in total. The average Bonchev–Trinajstić information content (AvgIpc) is 3.07. The Kier molecular flexibility index (Phi) is 8.92. The van der Waals surface area contributed by atoms with Gasteiger partial charge in [-0.15, -0.1) is 24.8 Å². The molecule has 3 rings (SSSR count). The number of hydrogen-bond donors (Lipinski definition) is 2. The average molecular weight is 387 g/mol. The highest BCUT2D eigenvalue weighted by molar-refractivity contribution is 5.85. The van der Waals surface area contributed by atoms with Gasteiger partial charge >= 0.3 is 0 Å². The molecule has 2 aromatic rings. The third kappa shape index (κ3) is 5.71. The van der Waals surface area contributed by atoms with Gasteiger partial charge in [0.05, 0.1) is 19.0 Å². The van der Waals surface area contributed by atoms with Crippen LogP contribution in [0.5, 0.6) is 0 Å². The Morgan fingerprint density at radius 3 is 2.80 bits per heavy atom. The van der Waals surface area contributed by atoms with E-state index in [1.165, 1.54) is 5.56 Å². The number of benzene rings is 1. The van der Waals surface area contributed by atoms with Crippen LogP contribution in [-0.2, 0) is 22.6 Å². The number of carbonyl (C=O) groups excluding carboxylic acids is 1. The van der Waals surface area contributed by atoms with Gasteiger partial charge in [0.1, 0.15) is 6.04 Å². The third-order valence-corrected chi connectivity index (χ3v) is 4.08. The molecule has 0 saturated carbocycles. The maximum Gasteiger partial charge on any atom is 0.240 e. The Labute approximate surface area is 160 Å². The first-order chi connectivity index (χ1) is 11.2. The molecule has 0 unspecified atom stereocenters. The van der Waals surface area contributed by atoms with Crippen LogP contribution in [0, 0.1) is 0 Å². The van der Waals surface area contributed by atoms with Crippen LogP contribution in [0.25, 0.3) is 0 Å². The van der Waals surface area contributed by atoms with E-state index in [-0.39, 0.29) is 42.9 Å². The van der Waals surface area contributed by atoms with Gasteiger partial charge in [-0.1, -0.05) is 24.3 Å². The molecule has 0 bridgehead atoms. The van der Waals surface area contributed by atoms with Crippen LogP contribution in [0.2, 0.25) is 0 Å². The molecule has 1 amide bonds. The van der Waals surface area contributed by atoms with Crippen LogP contribution in [0.1, 0.15) is 18.1 Å². The Balaban J connectivity index is 0.00000156. The summed E-state index contributed by atoms with van der Waals surface area (Å²) in [5.41, 5.74) is 2.28. The second kappa shape index (κ2) is 10.4. The highest BCUT2D eigenvalue weighted by atomic mass is 35.5. The van der Waals surface area contributed by atoms with Gasteiger partial charge in [0.15, 0.2) is 0 Å². The maximum absolute atomic E-state index is 12.3. The van der Waals surface area contributed by atoms with Crippen LogP contribution < -0.4 is 10.6 Å². The Bertz CT molecular complexity index is 652. The topological polar surface area (TPSA) is 68.2 Å². The highest BCUT2D eigenvalue weighted by Crippen LogP contribution is 2.11. The minimum absolute atomic E-state index is 0. The molecule has 25 heavy (non-hydrogen) atoms. The summed E-state index contributed by atoms with van der Waals surface area (Å²) >= 11 is 0. The SMILES string of the molecule is C[C@H]1OCCN[C@@H]1C(=O)NCc1ccccc1Cn1ccnc1.Cl.Cl. The summed E-state index contributed by atoms with van der Waals surface area (Å²) < 4.78 is 7.54. The molecule has 8 heteroatoms. The van der Waals surface area contributed by atoms with Gasteiger partial charge < -0.3 is 19.9 Å². The van der Waals surface area contributed by atoms with Crippen molar-refractivity contribution in [2.45, 2.75) is 32.2 Å². The number of halogens is 2. The summed E-state index contributed by atoms with van der Waals surface area (Å²) in [5, 5.41) is 6.22. The van der Waals surface area contributed by atoms with E-state index in [4.69, 9.17) is 4.74 Å². The summed E-state index contributed by atoms with van der Waals surface area (Å²) in [6, 6.07) is 7.83. The lowest BCUT2D eigenvalue weighted by atomic mass is 10.1. The molecule has 1 aromatic carbocycles. The van der Waals surface area contributed by atoms with Gasteiger partial charge in [0, 0.05) is 32.0 Å². The zero-order valence-electron chi connectivity index (χ0n) is 14.1. The second-order valence-corrected chi connectivity index (χ2v) is 5.73. The summed E-state index contributed by atoms with van der Waals surface area (Å²) in [7, 11) is 0. The Hall–Kier alpha value is -1.60. The van der Waals surface area contributed by atoms with E-state index in [1.807, 2.05) is 35.9 Å². The Morgan fingerprint density at radius 1 is 1.36 bits per heavy atom. The van der Waals surface area contributed by atoms with E-state index in [0.717, 1.165) is 12.1 Å². The van der Waals surface area contributed by atoms with Crippen molar-refractivity contribution in [2.75, 3.05) is 13.2 Å². The lowest BCUT2D eigenvalue weighted by Gasteiger charge is -2.29. The zero-order valence-corrected chi connectivity index (χ0v) is 15.7. The summed E-state index contributed by atoms with van der Waals surface area (Å²) in [4.78, 5) is 16.4. The van der Waals surface area contributed by atoms with Crippen LogP contribution in [0.4, 0.5) is 0 Å². The molecule has 1 aliphatic rings. The number of carbonyl (C=O) groups is 1. The fourth-order valence-corrected chi connectivity index (χ4v) is 2.78. The van der Waals surface area contributed by atoms with Crippen molar-refractivity contribution in [1.29, 1.82) is 0 Å². The molecule has 0 spiro atoms. The normalized spacial score (nSPS) is 19.4. The van der Waals surface area contributed by atoms with Crippen LogP contribution in [0.3, 0.4) is 0 Å². The van der Waals surface area contributed by atoms with Gasteiger partial charge in [-0.2, -0.15) is 0 Å². The summed E-state index contributed by atoms with van der Waals surface area (Å²) in [6.07, 6.45) is 5.38. The van der Waals surface area contributed by atoms with Crippen molar-refractivity contribution in [3.8, 4) is 0 Å².